The van der Waals surface area contributed by atoms with Crippen LogP contribution >= 0.6 is 0 Å². The Morgan fingerprint density at radius 3 is 2.14 bits per heavy atom. The van der Waals surface area contributed by atoms with Gasteiger partial charge in [0, 0.05) is 6.42 Å². The van der Waals surface area contributed by atoms with Gasteiger partial charge < -0.3 is 15.7 Å². The predicted octanol–water partition coefficient (Wildman–Crippen LogP) is 3.12. The number of nitrogens with zero attached hydrogens (tertiary/aromatic N) is 1. The molecule has 0 saturated carbocycles. The van der Waals surface area contributed by atoms with Crippen molar-refractivity contribution in [2.24, 2.45) is 10.9 Å². The molecule has 0 aliphatic carbocycles. The molecule has 0 heterocycles. The van der Waals surface area contributed by atoms with Crippen molar-refractivity contribution in [3.05, 3.63) is 65.2 Å². The lowest BCUT2D eigenvalue weighted by atomic mass is 10.1. The highest BCUT2D eigenvalue weighted by atomic mass is 16.5. The van der Waals surface area contributed by atoms with Gasteiger partial charge in [0.15, 0.2) is 0 Å². The normalized spacial score (nSPS) is 11.4. The maximum atomic E-state index is 8.54. The van der Waals surface area contributed by atoms with Crippen LogP contribution in [-0.4, -0.2) is 11.0 Å². The second-order valence-electron chi connectivity index (χ2n) is 4.87. The summed E-state index contributed by atoms with van der Waals surface area (Å²) in [7, 11) is 0. The second-order valence-corrected chi connectivity index (χ2v) is 4.87. The van der Waals surface area contributed by atoms with Crippen LogP contribution in [0.1, 0.15) is 23.6 Å². The van der Waals surface area contributed by atoms with Gasteiger partial charge in [0.25, 0.3) is 0 Å². The fourth-order valence-electron chi connectivity index (χ4n) is 1.99. The molecule has 21 heavy (non-hydrogen) atoms. The van der Waals surface area contributed by atoms with Crippen LogP contribution in [0.5, 0.6) is 5.75 Å². The van der Waals surface area contributed by atoms with E-state index in [4.69, 9.17) is 15.7 Å². The Bertz CT molecular complexity index is 589. The first-order valence-corrected chi connectivity index (χ1v) is 6.97. The smallest absolute Gasteiger partial charge is 0.143 e. The summed E-state index contributed by atoms with van der Waals surface area (Å²) in [5, 5.41) is 11.5. The zero-order valence-corrected chi connectivity index (χ0v) is 12.1. The van der Waals surface area contributed by atoms with E-state index in [1.165, 1.54) is 5.56 Å². The molecule has 2 aromatic rings. The van der Waals surface area contributed by atoms with Gasteiger partial charge in [-0.05, 0) is 35.2 Å². The summed E-state index contributed by atoms with van der Waals surface area (Å²) in [6.07, 6.45) is 1.47. The maximum Gasteiger partial charge on any atom is 0.143 e. The molecule has 0 bridgehead atoms. The van der Waals surface area contributed by atoms with Crippen molar-refractivity contribution in [1.82, 2.24) is 0 Å². The zero-order chi connectivity index (χ0) is 15.1. The molecular weight excluding hydrogens is 264 g/mol. The monoisotopic (exact) mass is 284 g/mol. The van der Waals surface area contributed by atoms with Gasteiger partial charge in [0.2, 0.25) is 0 Å². The molecule has 0 unspecified atom stereocenters. The van der Waals surface area contributed by atoms with Crippen molar-refractivity contribution >= 4 is 5.84 Å². The lowest BCUT2D eigenvalue weighted by Crippen LogP contribution is -2.14. The number of amidine groups is 1. The molecule has 2 rings (SSSR count). The van der Waals surface area contributed by atoms with Gasteiger partial charge in [-0.1, -0.05) is 48.5 Å². The van der Waals surface area contributed by atoms with Gasteiger partial charge in [-0.3, -0.25) is 0 Å². The molecule has 4 heteroatoms. The van der Waals surface area contributed by atoms with E-state index in [0.29, 0.717) is 13.0 Å². The molecule has 3 N–H and O–H groups in total. The first-order chi connectivity index (χ1) is 10.2. The van der Waals surface area contributed by atoms with Crippen LogP contribution < -0.4 is 10.5 Å². The molecule has 0 radical (unpaired) electrons. The Balaban J connectivity index is 1.90. The standard InChI is InChI=1S/C17H20N2O2/c1-2-13-3-5-15(6-4-13)12-21-16-9-7-14(8-10-16)11-17(18)19-20/h3-10,20H,2,11-12H2,1H3,(H2,18,19). The van der Waals surface area contributed by atoms with Crippen LogP contribution in [0.3, 0.4) is 0 Å². The Morgan fingerprint density at radius 1 is 1.00 bits per heavy atom. The zero-order valence-electron chi connectivity index (χ0n) is 12.1. The van der Waals surface area contributed by atoms with E-state index in [0.717, 1.165) is 23.3 Å². The number of benzene rings is 2. The molecule has 0 amide bonds. The third-order valence-corrected chi connectivity index (χ3v) is 3.27. The largest absolute Gasteiger partial charge is 0.489 e. The molecule has 110 valence electrons. The number of hydrogen-bond acceptors (Lipinski definition) is 3. The van der Waals surface area contributed by atoms with Crippen LogP contribution in [0, 0.1) is 0 Å². The summed E-state index contributed by atoms with van der Waals surface area (Å²) in [5.74, 6) is 0.998. The lowest BCUT2D eigenvalue weighted by Gasteiger charge is -2.08. The van der Waals surface area contributed by atoms with E-state index >= 15 is 0 Å². The summed E-state index contributed by atoms with van der Waals surface area (Å²) in [4.78, 5) is 0. The fourth-order valence-corrected chi connectivity index (χ4v) is 1.99. The quantitative estimate of drug-likeness (QED) is 0.370. The minimum absolute atomic E-state index is 0.194. The van der Waals surface area contributed by atoms with Gasteiger partial charge in [-0.15, -0.1) is 0 Å². The van der Waals surface area contributed by atoms with E-state index in [-0.39, 0.29) is 5.84 Å². The molecule has 2 aromatic carbocycles. The summed E-state index contributed by atoms with van der Waals surface area (Å²) in [6, 6.07) is 16.0. The van der Waals surface area contributed by atoms with E-state index in [1.54, 1.807) is 0 Å². The van der Waals surface area contributed by atoms with Crippen LogP contribution in [0.2, 0.25) is 0 Å². The van der Waals surface area contributed by atoms with Gasteiger partial charge in [0.1, 0.15) is 18.2 Å². The fraction of sp³-hybridized carbons (Fsp3) is 0.235. The highest BCUT2D eigenvalue weighted by Crippen LogP contribution is 2.15. The van der Waals surface area contributed by atoms with Crippen molar-refractivity contribution in [2.45, 2.75) is 26.4 Å². The summed E-state index contributed by atoms with van der Waals surface area (Å²) < 4.78 is 5.74. The average Bonchev–Trinajstić information content (AvgIpc) is 2.54. The van der Waals surface area contributed by atoms with Gasteiger partial charge in [-0.25, -0.2) is 0 Å². The topological polar surface area (TPSA) is 67.8 Å². The van der Waals surface area contributed by atoms with Gasteiger partial charge in [-0.2, -0.15) is 0 Å². The first-order valence-electron chi connectivity index (χ1n) is 6.97. The summed E-state index contributed by atoms with van der Waals surface area (Å²) >= 11 is 0. The Hall–Kier alpha value is -2.49. The van der Waals surface area contributed by atoms with E-state index in [9.17, 15) is 0 Å². The van der Waals surface area contributed by atoms with Crippen LogP contribution in [0.25, 0.3) is 0 Å². The van der Waals surface area contributed by atoms with Crippen LogP contribution in [-0.2, 0) is 19.4 Å². The van der Waals surface area contributed by atoms with Gasteiger partial charge >= 0.3 is 0 Å². The van der Waals surface area contributed by atoms with Crippen molar-refractivity contribution < 1.29 is 9.94 Å². The minimum atomic E-state index is 0.194. The third kappa shape index (κ3) is 4.53. The van der Waals surface area contributed by atoms with E-state index in [2.05, 4.69) is 36.3 Å². The van der Waals surface area contributed by atoms with Crippen molar-refractivity contribution in [3.63, 3.8) is 0 Å². The highest BCUT2D eigenvalue weighted by Gasteiger charge is 2.00. The molecule has 0 atom stereocenters. The van der Waals surface area contributed by atoms with Crippen molar-refractivity contribution in [3.8, 4) is 5.75 Å². The molecule has 0 aliphatic rings. The molecule has 0 aliphatic heterocycles. The lowest BCUT2D eigenvalue weighted by molar-refractivity contribution is 0.306. The second kappa shape index (κ2) is 7.33. The predicted molar refractivity (Wildman–Crippen MR) is 83.7 cm³/mol. The SMILES string of the molecule is CCc1ccc(COc2ccc(CC(N)=NO)cc2)cc1. The number of hydrogen-bond donors (Lipinski definition) is 2. The molecular formula is C17H20N2O2. The Kier molecular flexibility index (Phi) is 5.21. The molecule has 4 nitrogen and oxygen atoms in total. The number of ether oxygens (including phenoxy) is 1. The van der Waals surface area contributed by atoms with Crippen molar-refractivity contribution in [2.75, 3.05) is 0 Å². The maximum absolute atomic E-state index is 8.54. The average molecular weight is 284 g/mol. The van der Waals surface area contributed by atoms with Gasteiger partial charge in [0.05, 0.1) is 0 Å². The third-order valence-electron chi connectivity index (χ3n) is 3.27. The molecule has 0 spiro atoms. The number of aryl methyl sites for hydroxylation is 1. The summed E-state index contributed by atoms with van der Waals surface area (Å²) in [6.45, 7) is 2.69. The Morgan fingerprint density at radius 2 is 1.57 bits per heavy atom. The van der Waals surface area contributed by atoms with Crippen molar-refractivity contribution in [1.29, 1.82) is 0 Å². The number of oxime groups is 1. The Labute approximate surface area is 124 Å². The minimum Gasteiger partial charge on any atom is -0.489 e. The van der Waals surface area contributed by atoms with Crippen LogP contribution in [0.4, 0.5) is 0 Å². The van der Waals surface area contributed by atoms with Crippen LogP contribution in [0.15, 0.2) is 53.7 Å². The molecule has 0 fully saturated rings. The van der Waals surface area contributed by atoms with E-state index < -0.39 is 0 Å². The van der Waals surface area contributed by atoms with E-state index in [1.807, 2.05) is 24.3 Å². The first kappa shape index (κ1) is 14.9. The molecule has 0 saturated heterocycles. The number of rotatable bonds is 6. The molecule has 0 aromatic heterocycles. The highest BCUT2D eigenvalue weighted by molar-refractivity contribution is 5.82. The number of nitrogens with two attached hydrogens (primary N) is 1. The summed E-state index contributed by atoms with van der Waals surface area (Å²) in [5.41, 5.74) is 8.92.